The van der Waals surface area contributed by atoms with Gasteiger partial charge in [-0.15, -0.1) is 0 Å². The minimum Gasteiger partial charge on any atom is -0.316 e. The van der Waals surface area contributed by atoms with Gasteiger partial charge in [0.05, 0.1) is 0 Å². The quantitative estimate of drug-likeness (QED) is 0.919. The molecule has 1 aromatic heterocycles. The standard InChI is InChI=1S/C16H28N4/c1-20-15(10-9-13-6-5-11-17-12-13)18-16(19-20)14-7-3-2-4-8-14/h13-14,17H,2-12H2,1H3. The van der Waals surface area contributed by atoms with Crippen molar-refractivity contribution in [3.05, 3.63) is 11.6 Å². The fourth-order valence-electron chi connectivity index (χ4n) is 3.69. The first-order chi connectivity index (χ1) is 9.83. The number of hydrogen-bond donors (Lipinski definition) is 1. The SMILES string of the molecule is Cn1nc(C2CCCCC2)nc1CCC1CCCNC1. The van der Waals surface area contributed by atoms with Crippen molar-refractivity contribution in [2.45, 2.75) is 63.7 Å². The summed E-state index contributed by atoms with van der Waals surface area (Å²) in [4.78, 5) is 4.85. The third-order valence-electron chi connectivity index (χ3n) is 5.02. The summed E-state index contributed by atoms with van der Waals surface area (Å²) < 4.78 is 2.03. The molecule has 0 amide bonds. The normalized spacial score (nSPS) is 24.9. The number of aryl methyl sites for hydroxylation is 2. The Morgan fingerprint density at radius 2 is 2.00 bits per heavy atom. The van der Waals surface area contributed by atoms with Crippen LogP contribution in [0.2, 0.25) is 0 Å². The van der Waals surface area contributed by atoms with Crippen molar-refractivity contribution >= 4 is 0 Å². The summed E-state index contributed by atoms with van der Waals surface area (Å²) in [6, 6.07) is 0. The molecule has 4 heteroatoms. The summed E-state index contributed by atoms with van der Waals surface area (Å²) in [5.41, 5.74) is 0. The van der Waals surface area contributed by atoms with Crippen molar-refractivity contribution in [3.63, 3.8) is 0 Å². The number of nitrogens with one attached hydrogen (secondary N) is 1. The van der Waals surface area contributed by atoms with Crippen LogP contribution in [0.4, 0.5) is 0 Å². The molecule has 2 fully saturated rings. The van der Waals surface area contributed by atoms with E-state index in [0.717, 1.165) is 18.2 Å². The van der Waals surface area contributed by atoms with Crippen molar-refractivity contribution in [2.75, 3.05) is 13.1 Å². The molecule has 1 saturated heterocycles. The first-order valence-electron chi connectivity index (χ1n) is 8.43. The molecule has 4 nitrogen and oxygen atoms in total. The van der Waals surface area contributed by atoms with Gasteiger partial charge >= 0.3 is 0 Å². The lowest BCUT2D eigenvalue weighted by Gasteiger charge is -2.22. The van der Waals surface area contributed by atoms with E-state index >= 15 is 0 Å². The van der Waals surface area contributed by atoms with Gasteiger partial charge in [-0.2, -0.15) is 5.10 Å². The highest BCUT2D eigenvalue weighted by Gasteiger charge is 2.21. The molecule has 1 aliphatic carbocycles. The molecule has 0 bridgehead atoms. The van der Waals surface area contributed by atoms with E-state index in [9.17, 15) is 0 Å². The zero-order chi connectivity index (χ0) is 13.8. The largest absolute Gasteiger partial charge is 0.316 e. The summed E-state index contributed by atoms with van der Waals surface area (Å²) in [7, 11) is 2.06. The first kappa shape index (κ1) is 14.1. The lowest BCUT2D eigenvalue weighted by atomic mass is 9.89. The second kappa shape index (κ2) is 6.70. The Morgan fingerprint density at radius 3 is 2.75 bits per heavy atom. The molecule has 0 spiro atoms. The molecular weight excluding hydrogens is 248 g/mol. The Labute approximate surface area is 122 Å². The molecule has 1 N–H and O–H groups in total. The van der Waals surface area contributed by atoms with Crippen LogP contribution in [0, 0.1) is 5.92 Å². The highest BCUT2D eigenvalue weighted by molar-refractivity contribution is 5.01. The van der Waals surface area contributed by atoms with Gasteiger partial charge in [-0.05, 0) is 51.1 Å². The molecule has 1 aromatic rings. The predicted molar refractivity (Wildman–Crippen MR) is 80.7 cm³/mol. The topological polar surface area (TPSA) is 42.7 Å². The monoisotopic (exact) mass is 276 g/mol. The van der Waals surface area contributed by atoms with Crippen molar-refractivity contribution < 1.29 is 0 Å². The van der Waals surface area contributed by atoms with Crippen molar-refractivity contribution in [1.82, 2.24) is 20.1 Å². The molecule has 0 aromatic carbocycles. The Morgan fingerprint density at radius 1 is 1.15 bits per heavy atom. The van der Waals surface area contributed by atoms with Gasteiger partial charge in [0.1, 0.15) is 5.82 Å². The van der Waals surface area contributed by atoms with Crippen LogP contribution < -0.4 is 5.32 Å². The molecule has 1 saturated carbocycles. The minimum atomic E-state index is 0.625. The molecule has 0 radical (unpaired) electrons. The van der Waals surface area contributed by atoms with Crippen LogP contribution in [0.15, 0.2) is 0 Å². The minimum absolute atomic E-state index is 0.625. The van der Waals surface area contributed by atoms with E-state index in [1.165, 1.54) is 70.3 Å². The van der Waals surface area contributed by atoms with Gasteiger partial charge in [-0.1, -0.05) is 19.3 Å². The number of hydrogen-bond acceptors (Lipinski definition) is 3. The molecule has 20 heavy (non-hydrogen) atoms. The van der Waals surface area contributed by atoms with Gasteiger partial charge in [-0.3, -0.25) is 4.68 Å². The fourth-order valence-corrected chi connectivity index (χ4v) is 3.69. The summed E-state index contributed by atoms with van der Waals surface area (Å²) in [6.07, 6.45) is 11.7. The van der Waals surface area contributed by atoms with Crippen LogP contribution in [-0.2, 0) is 13.5 Å². The number of piperidine rings is 1. The van der Waals surface area contributed by atoms with E-state index in [-0.39, 0.29) is 0 Å². The van der Waals surface area contributed by atoms with Crippen LogP contribution in [0.1, 0.15) is 68.9 Å². The summed E-state index contributed by atoms with van der Waals surface area (Å²) in [6.45, 7) is 2.39. The highest BCUT2D eigenvalue weighted by Crippen LogP contribution is 2.30. The average Bonchev–Trinajstić information content (AvgIpc) is 2.88. The molecule has 1 unspecified atom stereocenters. The molecule has 3 rings (SSSR count). The zero-order valence-corrected chi connectivity index (χ0v) is 12.8. The lowest BCUT2D eigenvalue weighted by molar-refractivity contribution is 0.354. The lowest BCUT2D eigenvalue weighted by Crippen LogP contribution is -2.30. The van der Waals surface area contributed by atoms with Gasteiger partial charge in [0.25, 0.3) is 0 Å². The Bertz CT molecular complexity index is 414. The third kappa shape index (κ3) is 3.40. The van der Waals surface area contributed by atoms with E-state index in [0.29, 0.717) is 5.92 Å². The van der Waals surface area contributed by atoms with Crippen molar-refractivity contribution in [2.24, 2.45) is 13.0 Å². The van der Waals surface area contributed by atoms with E-state index in [1.807, 2.05) is 4.68 Å². The molecule has 1 aliphatic heterocycles. The zero-order valence-electron chi connectivity index (χ0n) is 12.8. The van der Waals surface area contributed by atoms with Crippen LogP contribution in [0.5, 0.6) is 0 Å². The summed E-state index contributed by atoms with van der Waals surface area (Å²) in [5, 5.41) is 8.19. The van der Waals surface area contributed by atoms with Gasteiger partial charge in [0.15, 0.2) is 5.82 Å². The van der Waals surface area contributed by atoms with Crippen LogP contribution in [0.3, 0.4) is 0 Å². The second-order valence-electron chi connectivity index (χ2n) is 6.60. The van der Waals surface area contributed by atoms with Gasteiger partial charge in [0.2, 0.25) is 0 Å². The van der Waals surface area contributed by atoms with E-state index in [4.69, 9.17) is 4.98 Å². The van der Waals surface area contributed by atoms with Crippen molar-refractivity contribution in [1.29, 1.82) is 0 Å². The molecule has 1 atom stereocenters. The number of aromatic nitrogens is 3. The van der Waals surface area contributed by atoms with E-state index in [1.54, 1.807) is 0 Å². The number of rotatable bonds is 4. The average molecular weight is 276 g/mol. The molecule has 2 heterocycles. The van der Waals surface area contributed by atoms with Gasteiger partial charge < -0.3 is 5.32 Å². The molecular formula is C16H28N4. The maximum absolute atomic E-state index is 4.85. The van der Waals surface area contributed by atoms with E-state index < -0.39 is 0 Å². The Hall–Kier alpha value is -0.900. The van der Waals surface area contributed by atoms with Crippen molar-refractivity contribution in [3.8, 4) is 0 Å². The van der Waals surface area contributed by atoms with Gasteiger partial charge in [0, 0.05) is 19.4 Å². The molecule has 2 aliphatic rings. The fraction of sp³-hybridized carbons (Fsp3) is 0.875. The van der Waals surface area contributed by atoms with Crippen LogP contribution in [-0.4, -0.2) is 27.9 Å². The third-order valence-corrected chi connectivity index (χ3v) is 5.02. The second-order valence-corrected chi connectivity index (χ2v) is 6.60. The summed E-state index contributed by atoms with van der Waals surface area (Å²) >= 11 is 0. The van der Waals surface area contributed by atoms with Gasteiger partial charge in [-0.25, -0.2) is 4.98 Å². The first-order valence-corrected chi connectivity index (χ1v) is 8.43. The maximum atomic E-state index is 4.85. The highest BCUT2D eigenvalue weighted by atomic mass is 15.3. The molecule has 112 valence electrons. The number of nitrogens with zero attached hydrogens (tertiary/aromatic N) is 3. The van der Waals surface area contributed by atoms with Crippen LogP contribution in [0.25, 0.3) is 0 Å². The summed E-state index contributed by atoms with van der Waals surface area (Å²) in [5.74, 6) is 3.76. The Balaban J connectivity index is 1.57. The van der Waals surface area contributed by atoms with Crippen LogP contribution >= 0.6 is 0 Å². The maximum Gasteiger partial charge on any atom is 0.154 e. The van der Waals surface area contributed by atoms with E-state index in [2.05, 4.69) is 17.5 Å². The predicted octanol–water partition coefficient (Wildman–Crippen LogP) is 2.80. The Kier molecular flexibility index (Phi) is 4.71. The smallest absolute Gasteiger partial charge is 0.154 e.